The molecule has 1 N–H and O–H groups in total. The van der Waals surface area contributed by atoms with Gasteiger partial charge in [0.05, 0.1) is 29.1 Å². The first-order chi connectivity index (χ1) is 17.4. The number of halogens is 3. The second-order valence-electron chi connectivity index (χ2n) is 9.43. The van der Waals surface area contributed by atoms with Gasteiger partial charge >= 0.3 is 0 Å². The molecule has 7 nitrogen and oxygen atoms in total. The standard InChI is InChI=1S/C27H27ClF2N4O3/c1-15-9-23(34-13-18(30)12-31-34)19-7-6-8-24(25(19)32-15)37-14-21-20(10-17(29)11-22(21)28)16(2)33(5)26(35)27(3,4)36/h6-13,16,36H,14H2,1-5H3/t16-/m0/s1. The molecule has 0 aliphatic rings. The average Bonchev–Trinajstić information content (AvgIpc) is 3.26. The van der Waals surface area contributed by atoms with Gasteiger partial charge in [-0.15, -0.1) is 0 Å². The maximum absolute atomic E-state index is 14.4. The number of benzene rings is 2. The Balaban J connectivity index is 1.72. The molecule has 4 rings (SSSR count). The van der Waals surface area contributed by atoms with Gasteiger partial charge in [-0.25, -0.2) is 18.4 Å². The molecule has 2 aromatic heterocycles. The first-order valence-electron chi connectivity index (χ1n) is 11.6. The summed E-state index contributed by atoms with van der Waals surface area (Å²) in [6.07, 6.45) is 2.40. The Morgan fingerprint density at radius 2 is 1.97 bits per heavy atom. The van der Waals surface area contributed by atoms with Crippen molar-refractivity contribution in [3.05, 3.63) is 82.3 Å². The molecule has 0 spiro atoms. The Bertz CT molecular complexity index is 1480. The smallest absolute Gasteiger partial charge is 0.254 e. The van der Waals surface area contributed by atoms with Crippen molar-refractivity contribution in [1.82, 2.24) is 19.7 Å². The number of ether oxygens (including phenoxy) is 1. The fourth-order valence-electron chi connectivity index (χ4n) is 4.18. The molecule has 0 unspecified atom stereocenters. The number of aliphatic hydroxyl groups is 1. The summed E-state index contributed by atoms with van der Waals surface area (Å²) in [6, 6.07) is 9.03. The minimum absolute atomic E-state index is 0.0379. The van der Waals surface area contributed by atoms with Gasteiger partial charge in [-0.3, -0.25) is 4.79 Å². The van der Waals surface area contributed by atoms with Crippen molar-refractivity contribution < 1.29 is 23.4 Å². The summed E-state index contributed by atoms with van der Waals surface area (Å²) in [4.78, 5) is 18.6. The summed E-state index contributed by atoms with van der Waals surface area (Å²) in [5, 5.41) is 15.1. The molecule has 0 bridgehead atoms. The van der Waals surface area contributed by atoms with Crippen molar-refractivity contribution >= 4 is 28.4 Å². The topological polar surface area (TPSA) is 80.5 Å². The second-order valence-corrected chi connectivity index (χ2v) is 9.84. The van der Waals surface area contributed by atoms with Crippen molar-refractivity contribution in [3.63, 3.8) is 0 Å². The normalized spacial score (nSPS) is 12.6. The van der Waals surface area contributed by atoms with E-state index in [0.717, 1.165) is 6.20 Å². The number of rotatable bonds is 7. The van der Waals surface area contributed by atoms with Crippen LogP contribution in [0.3, 0.4) is 0 Å². The van der Waals surface area contributed by atoms with E-state index in [1.54, 1.807) is 25.1 Å². The zero-order valence-electron chi connectivity index (χ0n) is 21.1. The molecule has 0 fully saturated rings. The molecule has 0 saturated carbocycles. The summed E-state index contributed by atoms with van der Waals surface area (Å²) in [6.45, 7) is 6.27. The number of aromatic nitrogens is 3. The molecule has 194 valence electrons. The number of pyridine rings is 1. The minimum Gasteiger partial charge on any atom is -0.487 e. The fraction of sp³-hybridized carbons (Fsp3) is 0.296. The van der Waals surface area contributed by atoms with Crippen LogP contribution in [0.15, 0.2) is 48.8 Å². The lowest BCUT2D eigenvalue weighted by molar-refractivity contribution is -0.148. The predicted molar refractivity (Wildman–Crippen MR) is 137 cm³/mol. The van der Waals surface area contributed by atoms with Gasteiger partial charge < -0.3 is 14.7 Å². The number of hydrogen-bond donors (Lipinski definition) is 1. The number of fused-ring (bicyclic) bond motifs is 1. The highest BCUT2D eigenvalue weighted by atomic mass is 35.5. The Kier molecular flexibility index (Phi) is 7.21. The average molecular weight is 529 g/mol. The Morgan fingerprint density at radius 3 is 2.62 bits per heavy atom. The molecule has 0 aliphatic heterocycles. The second kappa shape index (κ2) is 10.1. The lowest BCUT2D eigenvalue weighted by Crippen LogP contribution is -2.44. The lowest BCUT2D eigenvalue weighted by Gasteiger charge is -2.31. The van der Waals surface area contributed by atoms with Crippen molar-refractivity contribution in [3.8, 4) is 11.4 Å². The van der Waals surface area contributed by atoms with Crippen LogP contribution in [0.1, 0.15) is 43.6 Å². The van der Waals surface area contributed by atoms with Crippen molar-refractivity contribution in [2.75, 3.05) is 7.05 Å². The van der Waals surface area contributed by atoms with E-state index in [1.165, 1.54) is 48.8 Å². The summed E-state index contributed by atoms with van der Waals surface area (Å²) in [7, 11) is 1.53. The third-order valence-electron chi connectivity index (χ3n) is 6.15. The van der Waals surface area contributed by atoms with E-state index in [-0.39, 0.29) is 11.6 Å². The molecule has 1 atom stereocenters. The molecule has 2 heterocycles. The largest absolute Gasteiger partial charge is 0.487 e. The summed E-state index contributed by atoms with van der Waals surface area (Å²) < 4.78 is 35.6. The van der Waals surface area contributed by atoms with Crippen molar-refractivity contribution in [2.45, 2.75) is 45.9 Å². The Morgan fingerprint density at radius 1 is 1.24 bits per heavy atom. The van der Waals surface area contributed by atoms with Gasteiger partial charge in [-0.2, -0.15) is 5.10 Å². The number of carbonyl (C=O) groups excluding carboxylic acids is 1. The van der Waals surface area contributed by atoms with E-state index in [9.17, 15) is 18.7 Å². The van der Waals surface area contributed by atoms with Crippen LogP contribution in [0.5, 0.6) is 5.75 Å². The third-order valence-corrected chi connectivity index (χ3v) is 6.49. The highest BCUT2D eigenvalue weighted by Gasteiger charge is 2.31. The van der Waals surface area contributed by atoms with Gasteiger partial charge in [-0.05, 0) is 57.5 Å². The number of aryl methyl sites for hydroxylation is 1. The van der Waals surface area contributed by atoms with E-state index < -0.39 is 29.2 Å². The number of hydrogen-bond acceptors (Lipinski definition) is 5. The van der Waals surface area contributed by atoms with Crippen LogP contribution in [0.25, 0.3) is 16.6 Å². The Labute approximate surface area is 218 Å². The molecule has 1 amide bonds. The predicted octanol–water partition coefficient (Wildman–Crippen LogP) is 5.53. The molecule has 10 heteroatoms. The van der Waals surface area contributed by atoms with Gasteiger partial charge in [0.1, 0.15) is 29.3 Å². The zero-order valence-corrected chi connectivity index (χ0v) is 21.8. The first-order valence-corrected chi connectivity index (χ1v) is 12.0. The molecule has 37 heavy (non-hydrogen) atoms. The van der Waals surface area contributed by atoms with E-state index >= 15 is 0 Å². The highest BCUT2D eigenvalue weighted by molar-refractivity contribution is 6.31. The van der Waals surface area contributed by atoms with Crippen LogP contribution >= 0.6 is 11.6 Å². The molecular formula is C27H27ClF2N4O3. The summed E-state index contributed by atoms with van der Waals surface area (Å²) in [5.41, 5.74) is 1.19. The van der Waals surface area contributed by atoms with Crippen molar-refractivity contribution in [2.24, 2.45) is 0 Å². The van der Waals surface area contributed by atoms with Gasteiger partial charge in [0, 0.05) is 23.7 Å². The molecular weight excluding hydrogens is 502 g/mol. The minimum atomic E-state index is -1.60. The SMILES string of the molecule is Cc1cc(-n2cc(F)cn2)c2cccc(OCc3c(Cl)cc(F)cc3[C@H](C)N(C)C(=O)C(C)(C)O)c2n1. The Hall–Kier alpha value is -3.56. The third kappa shape index (κ3) is 5.42. The van der Waals surface area contributed by atoms with E-state index in [0.29, 0.717) is 39.2 Å². The van der Waals surface area contributed by atoms with Crippen LogP contribution < -0.4 is 4.74 Å². The van der Waals surface area contributed by atoms with Crippen LogP contribution in [0, 0.1) is 18.6 Å². The van der Waals surface area contributed by atoms with Crippen LogP contribution in [0.4, 0.5) is 8.78 Å². The monoisotopic (exact) mass is 528 g/mol. The van der Waals surface area contributed by atoms with Crippen molar-refractivity contribution in [1.29, 1.82) is 0 Å². The molecule has 0 aliphatic carbocycles. The summed E-state index contributed by atoms with van der Waals surface area (Å²) >= 11 is 6.43. The zero-order chi connectivity index (χ0) is 27.1. The van der Waals surface area contributed by atoms with E-state index in [4.69, 9.17) is 16.3 Å². The number of nitrogens with zero attached hydrogens (tertiary/aromatic N) is 4. The number of amides is 1. The molecule has 0 radical (unpaired) electrons. The number of likely N-dealkylation sites (N-methyl/N-ethyl adjacent to an activating group) is 1. The number of para-hydroxylation sites is 1. The summed E-state index contributed by atoms with van der Waals surface area (Å²) in [5.74, 6) is -1.10. The highest BCUT2D eigenvalue weighted by Crippen LogP contribution is 2.34. The maximum atomic E-state index is 14.4. The lowest BCUT2D eigenvalue weighted by atomic mass is 9.98. The van der Waals surface area contributed by atoms with E-state index in [1.807, 2.05) is 13.0 Å². The molecule has 2 aromatic carbocycles. The molecule has 4 aromatic rings. The van der Waals surface area contributed by atoms with Gasteiger partial charge in [0.15, 0.2) is 5.82 Å². The van der Waals surface area contributed by atoms with Crippen LogP contribution in [0.2, 0.25) is 5.02 Å². The quantitative estimate of drug-likeness (QED) is 0.341. The number of carbonyl (C=O) groups is 1. The van der Waals surface area contributed by atoms with Gasteiger partial charge in [0.2, 0.25) is 0 Å². The maximum Gasteiger partial charge on any atom is 0.254 e. The van der Waals surface area contributed by atoms with E-state index in [2.05, 4.69) is 10.1 Å². The van der Waals surface area contributed by atoms with Gasteiger partial charge in [-0.1, -0.05) is 23.7 Å². The van der Waals surface area contributed by atoms with Gasteiger partial charge in [0.25, 0.3) is 5.91 Å². The van der Waals surface area contributed by atoms with Crippen LogP contribution in [-0.2, 0) is 11.4 Å². The fourth-order valence-corrected chi connectivity index (χ4v) is 4.45. The first kappa shape index (κ1) is 26.5. The van der Waals surface area contributed by atoms with Crippen LogP contribution in [-0.4, -0.2) is 43.3 Å². The molecule has 0 saturated heterocycles.